The molecule has 4 heterocycles. The van der Waals surface area contributed by atoms with Gasteiger partial charge in [-0.25, -0.2) is 4.98 Å². The van der Waals surface area contributed by atoms with Crippen LogP contribution in [0.1, 0.15) is 16.6 Å². The van der Waals surface area contributed by atoms with Crippen molar-refractivity contribution in [2.45, 2.75) is 13.0 Å². The van der Waals surface area contributed by atoms with Crippen LogP contribution in [-0.4, -0.2) is 33.3 Å². The van der Waals surface area contributed by atoms with Crippen molar-refractivity contribution in [2.24, 2.45) is 7.05 Å². The van der Waals surface area contributed by atoms with E-state index in [1.165, 1.54) is 11.3 Å². The number of nitrogens with one attached hydrogen (secondary N) is 2. The Morgan fingerprint density at radius 3 is 2.85 bits per heavy atom. The smallest absolute Gasteiger partial charge is 0.263 e. The van der Waals surface area contributed by atoms with Gasteiger partial charge in [-0.3, -0.25) is 9.48 Å². The number of aromatic nitrogens is 3. The summed E-state index contributed by atoms with van der Waals surface area (Å²) in [5.74, 6) is -0.0656. The highest BCUT2D eigenvalue weighted by Gasteiger charge is 2.22. The van der Waals surface area contributed by atoms with Crippen molar-refractivity contribution in [3.63, 3.8) is 0 Å². The Morgan fingerprint density at radius 2 is 2.15 bits per heavy atom. The van der Waals surface area contributed by atoms with Crippen molar-refractivity contribution in [3.05, 3.63) is 49.7 Å². The van der Waals surface area contributed by atoms with Gasteiger partial charge in [0.05, 0.1) is 22.9 Å². The lowest BCUT2D eigenvalue weighted by atomic mass is 10.2. The van der Waals surface area contributed by atoms with E-state index in [-0.39, 0.29) is 11.9 Å². The molecule has 3 aromatic heterocycles. The van der Waals surface area contributed by atoms with Gasteiger partial charge in [-0.05, 0) is 19.1 Å². The third kappa shape index (κ3) is 2.70. The Balaban J connectivity index is 1.98. The summed E-state index contributed by atoms with van der Waals surface area (Å²) >= 11 is 1.39. The number of hydrogen-bond donors (Lipinski definition) is 2. The van der Waals surface area contributed by atoms with Gasteiger partial charge in [0.15, 0.2) is 0 Å². The Bertz CT molecular complexity index is 1210. The number of anilines is 1. The van der Waals surface area contributed by atoms with Gasteiger partial charge in [0.1, 0.15) is 4.88 Å². The number of hydrogen-bond acceptors (Lipinski definition) is 5. The van der Waals surface area contributed by atoms with E-state index in [1.54, 1.807) is 10.9 Å². The average molecular weight is 365 g/mol. The molecule has 4 rings (SSSR count). The summed E-state index contributed by atoms with van der Waals surface area (Å²) in [7, 11) is 1.87. The minimum Gasteiger partial charge on any atom is -0.381 e. The SMILES string of the molecule is C=c1nc(-c2cnn(C)c2)cc/c1=c1\c2c(sc1=C)C(=O)N[C@H](C)CN2. The quantitative estimate of drug-likeness (QED) is 0.680. The Hall–Kier alpha value is -2.93. The molecule has 0 aromatic carbocycles. The average Bonchev–Trinajstić information content (AvgIpc) is 3.13. The first-order valence-electron chi connectivity index (χ1n) is 8.30. The summed E-state index contributed by atoms with van der Waals surface area (Å²) in [4.78, 5) is 17.7. The zero-order valence-corrected chi connectivity index (χ0v) is 15.5. The van der Waals surface area contributed by atoms with E-state index in [2.05, 4.69) is 33.9 Å². The van der Waals surface area contributed by atoms with E-state index < -0.39 is 0 Å². The third-order valence-electron chi connectivity index (χ3n) is 4.39. The molecular weight excluding hydrogens is 346 g/mol. The molecule has 2 N–H and O–H groups in total. The second-order valence-electron chi connectivity index (χ2n) is 6.45. The van der Waals surface area contributed by atoms with Crippen LogP contribution in [0.4, 0.5) is 5.69 Å². The monoisotopic (exact) mass is 365 g/mol. The molecule has 0 unspecified atom stereocenters. The lowest BCUT2D eigenvalue weighted by Crippen LogP contribution is -2.34. The van der Waals surface area contributed by atoms with Gasteiger partial charge in [-0.1, -0.05) is 13.2 Å². The van der Waals surface area contributed by atoms with Crippen molar-refractivity contribution < 1.29 is 4.79 Å². The van der Waals surface area contributed by atoms with Crippen LogP contribution in [0.2, 0.25) is 0 Å². The van der Waals surface area contributed by atoms with E-state index in [0.29, 0.717) is 16.8 Å². The molecule has 0 spiro atoms. The fraction of sp³-hybridized carbons (Fsp3) is 0.211. The predicted octanol–water partition coefficient (Wildman–Crippen LogP) is 1.19. The predicted molar refractivity (Wildman–Crippen MR) is 104 cm³/mol. The molecule has 0 aliphatic carbocycles. The lowest BCUT2D eigenvalue weighted by Gasteiger charge is -2.08. The van der Waals surface area contributed by atoms with Gasteiger partial charge in [0.25, 0.3) is 5.91 Å². The Kier molecular flexibility index (Phi) is 3.88. The molecule has 0 bridgehead atoms. The summed E-state index contributed by atoms with van der Waals surface area (Å²) in [6.07, 6.45) is 3.69. The molecule has 1 aliphatic rings. The molecule has 26 heavy (non-hydrogen) atoms. The summed E-state index contributed by atoms with van der Waals surface area (Å²) in [6.45, 7) is 10.9. The minimum atomic E-state index is -0.0656. The van der Waals surface area contributed by atoms with E-state index in [1.807, 2.05) is 32.3 Å². The minimum absolute atomic E-state index is 0.0634. The summed E-state index contributed by atoms with van der Waals surface area (Å²) in [5, 5.41) is 13.0. The summed E-state index contributed by atoms with van der Waals surface area (Å²) in [6, 6.07) is 4.00. The normalized spacial score (nSPS) is 17.9. The van der Waals surface area contributed by atoms with E-state index in [4.69, 9.17) is 0 Å². The van der Waals surface area contributed by atoms with Crippen molar-refractivity contribution in [2.75, 3.05) is 11.9 Å². The number of carbonyl (C=O) groups is 1. The fourth-order valence-electron chi connectivity index (χ4n) is 3.13. The molecule has 0 radical (unpaired) electrons. The molecule has 3 aromatic rings. The van der Waals surface area contributed by atoms with E-state index >= 15 is 0 Å². The maximum absolute atomic E-state index is 12.4. The van der Waals surface area contributed by atoms with Crippen LogP contribution in [-0.2, 0) is 7.05 Å². The van der Waals surface area contributed by atoms with Gasteiger partial charge in [-0.2, -0.15) is 5.10 Å². The molecule has 0 saturated carbocycles. The van der Waals surface area contributed by atoms with Gasteiger partial charge in [-0.15, -0.1) is 11.3 Å². The molecule has 132 valence electrons. The number of amides is 1. The van der Waals surface area contributed by atoms with Crippen molar-refractivity contribution in [3.8, 4) is 11.3 Å². The third-order valence-corrected chi connectivity index (χ3v) is 5.44. The van der Waals surface area contributed by atoms with E-state index in [0.717, 1.165) is 31.9 Å². The second-order valence-corrected chi connectivity index (χ2v) is 7.56. The first-order valence-corrected chi connectivity index (χ1v) is 9.11. The van der Waals surface area contributed by atoms with Gasteiger partial charge < -0.3 is 10.6 Å². The molecule has 1 amide bonds. The van der Waals surface area contributed by atoms with Crippen molar-refractivity contribution in [1.82, 2.24) is 20.1 Å². The maximum atomic E-state index is 12.4. The van der Waals surface area contributed by atoms with Crippen LogP contribution >= 0.6 is 11.3 Å². The molecular formula is C19H19N5OS. The molecule has 0 fully saturated rings. The van der Waals surface area contributed by atoms with E-state index in [9.17, 15) is 4.79 Å². The molecule has 1 aliphatic heterocycles. The Morgan fingerprint density at radius 1 is 1.35 bits per heavy atom. The number of nitrogens with zero attached hydrogens (tertiary/aromatic N) is 3. The van der Waals surface area contributed by atoms with Crippen LogP contribution in [0.5, 0.6) is 0 Å². The number of aryl methyl sites for hydroxylation is 1. The highest BCUT2D eigenvalue weighted by atomic mass is 32.1. The van der Waals surface area contributed by atoms with Crippen LogP contribution in [0.15, 0.2) is 24.5 Å². The van der Waals surface area contributed by atoms with Gasteiger partial charge >= 0.3 is 0 Å². The molecule has 7 heteroatoms. The maximum Gasteiger partial charge on any atom is 0.263 e. The largest absolute Gasteiger partial charge is 0.381 e. The van der Waals surface area contributed by atoms with Gasteiger partial charge in [0.2, 0.25) is 0 Å². The van der Waals surface area contributed by atoms with Crippen LogP contribution in [0, 0.1) is 10.4 Å². The summed E-state index contributed by atoms with van der Waals surface area (Å²) in [5.41, 5.74) is 2.58. The fourth-order valence-corrected chi connectivity index (χ4v) is 4.12. The number of fused-ring (bicyclic) bond motifs is 1. The molecule has 0 saturated heterocycles. The Labute approximate surface area is 154 Å². The molecule has 1 atom stereocenters. The first-order chi connectivity index (χ1) is 12.4. The molecule has 6 nitrogen and oxygen atoms in total. The standard InChI is InChI=1S/C19H19N5OS/c1-10-7-20-17-16(12(3)26-18(17)19(25)22-10)14-5-6-15(23-11(14)2)13-8-21-24(4)9-13/h5-6,8-10,20H,2-3,7H2,1,4H3,(H,22,25)/b16-14+/t10-/m1/s1. The van der Waals surface area contributed by atoms with Gasteiger partial charge in [0, 0.05) is 46.4 Å². The zero-order valence-electron chi connectivity index (χ0n) is 14.7. The van der Waals surface area contributed by atoms with Crippen LogP contribution in [0.25, 0.3) is 24.4 Å². The number of carbonyl (C=O) groups excluding carboxylic acids is 1. The van der Waals surface area contributed by atoms with Crippen LogP contribution in [0.3, 0.4) is 0 Å². The first kappa shape index (κ1) is 16.5. The highest BCUT2D eigenvalue weighted by Crippen LogP contribution is 2.23. The van der Waals surface area contributed by atoms with Crippen molar-refractivity contribution in [1.29, 1.82) is 0 Å². The summed E-state index contributed by atoms with van der Waals surface area (Å²) < 4.78 is 2.57. The highest BCUT2D eigenvalue weighted by molar-refractivity contribution is 7.12. The zero-order chi connectivity index (χ0) is 18.4. The number of thiophene rings is 1. The van der Waals surface area contributed by atoms with Crippen molar-refractivity contribution >= 4 is 36.1 Å². The number of pyridine rings is 1. The number of rotatable bonds is 1. The lowest BCUT2D eigenvalue weighted by molar-refractivity contribution is 0.0949. The topological polar surface area (TPSA) is 71.8 Å². The second kappa shape index (κ2) is 6.10. The van der Waals surface area contributed by atoms with Crippen LogP contribution < -0.4 is 20.5 Å².